The van der Waals surface area contributed by atoms with Gasteiger partial charge in [0.15, 0.2) is 0 Å². The number of hydrogen-bond donors (Lipinski definition) is 1. The molecule has 144 valence electrons. The molecule has 1 N–H and O–H groups in total. The van der Waals surface area contributed by atoms with Crippen LogP contribution in [0.2, 0.25) is 0 Å². The normalized spacial score (nSPS) is 14.4. The Hall–Kier alpha value is -2.30. The standard InChI is InChI=1S/C22H26N2O2.ClH/c1-2-26-22(25)20-17-24(15-13-18-9-5-3-6-10-18)16-14-21(20)23-19-11-7-4-8-12-19;/h3-12,23H,2,13-17H2,1H3;1H. The first-order valence-corrected chi connectivity index (χ1v) is 9.23. The highest BCUT2D eigenvalue weighted by atomic mass is 35.5. The summed E-state index contributed by atoms with van der Waals surface area (Å²) in [5.41, 5.74) is 4.05. The lowest BCUT2D eigenvalue weighted by atomic mass is 10.0. The van der Waals surface area contributed by atoms with E-state index in [0.29, 0.717) is 13.2 Å². The highest BCUT2D eigenvalue weighted by Gasteiger charge is 2.25. The Morgan fingerprint density at radius 1 is 1.07 bits per heavy atom. The summed E-state index contributed by atoms with van der Waals surface area (Å²) >= 11 is 0. The molecule has 1 heterocycles. The van der Waals surface area contributed by atoms with Crippen LogP contribution in [0.1, 0.15) is 18.9 Å². The van der Waals surface area contributed by atoms with Gasteiger partial charge in [-0.2, -0.15) is 0 Å². The summed E-state index contributed by atoms with van der Waals surface area (Å²) in [6.45, 7) is 4.74. The van der Waals surface area contributed by atoms with E-state index in [1.54, 1.807) is 0 Å². The number of nitrogens with one attached hydrogen (secondary N) is 1. The van der Waals surface area contributed by atoms with Crippen molar-refractivity contribution >= 4 is 24.1 Å². The molecule has 0 fully saturated rings. The van der Waals surface area contributed by atoms with E-state index >= 15 is 0 Å². The van der Waals surface area contributed by atoms with Crippen molar-refractivity contribution in [1.29, 1.82) is 0 Å². The number of hydrogen-bond acceptors (Lipinski definition) is 4. The van der Waals surface area contributed by atoms with Crippen LogP contribution in [0.15, 0.2) is 71.9 Å². The zero-order valence-corrected chi connectivity index (χ0v) is 16.5. The SMILES string of the molecule is CCOC(=O)C1=C(Nc2ccccc2)CCN(CCc2ccccc2)C1.Cl. The van der Waals surface area contributed by atoms with Crippen molar-refractivity contribution in [3.8, 4) is 0 Å². The fourth-order valence-corrected chi connectivity index (χ4v) is 3.18. The molecule has 0 unspecified atom stereocenters. The molecule has 0 radical (unpaired) electrons. The minimum atomic E-state index is -0.213. The molecule has 2 aromatic carbocycles. The minimum Gasteiger partial charge on any atom is -0.463 e. The van der Waals surface area contributed by atoms with Gasteiger partial charge in [0.25, 0.3) is 0 Å². The van der Waals surface area contributed by atoms with E-state index in [4.69, 9.17) is 4.74 Å². The minimum absolute atomic E-state index is 0. The Balaban J connectivity index is 0.00000261. The van der Waals surface area contributed by atoms with Crippen molar-refractivity contribution in [1.82, 2.24) is 4.90 Å². The highest BCUT2D eigenvalue weighted by molar-refractivity contribution is 5.90. The molecule has 0 saturated heterocycles. The number of carbonyl (C=O) groups is 1. The van der Waals surface area contributed by atoms with Gasteiger partial charge in [-0.25, -0.2) is 4.79 Å². The van der Waals surface area contributed by atoms with Gasteiger partial charge in [0, 0.05) is 37.4 Å². The zero-order valence-electron chi connectivity index (χ0n) is 15.7. The average Bonchev–Trinajstić information content (AvgIpc) is 2.69. The molecule has 4 nitrogen and oxygen atoms in total. The van der Waals surface area contributed by atoms with Crippen molar-refractivity contribution in [2.45, 2.75) is 19.8 Å². The van der Waals surface area contributed by atoms with E-state index in [1.165, 1.54) is 5.56 Å². The first-order valence-electron chi connectivity index (χ1n) is 9.23. The molecule has 1 aliphatic heterocycles. The maximum Gasteiger partial charge on any atom is 0.337 e. The molecule has 1 aliphatic rings. The van der Waals surface area contributed by atoms with E-state index in [0.717, 1.165) is 42.9 Å². The predicted molar refractivity (Wildman–Crippen MR) is 112 cm³/mol. The number of ether oxygens (including phenoxy) is 1. The van der Waals surface area contributed by atoms with Gasteiger partial charge in [-0.15, -0.1) is 12.4 Å². The summed E-state index contributed by atoms with van der Waals surface area (Å²) in [6, 6.07) is 20.4. The molecule has 0 atom stereocenters. The Labute approximate surface area is 167 Å². The van der Waals surface area contributed by atoms with E-state index < -0.39 is 0 Å². The molecular formula is C22H27ClN2O2. The fourth-order valence-electron chi connectivity index (χ4n) is 3.18. The van der Waals surface area contributed by atoms with Gasteiger partial charge in [0.1, 0.15) is 0 Å². The Kier molecular flexibility index (Phi) is 8.37. The Bertz CT molecular complexity index is 747. The summed E-state index contributed by atoms with van der Waals surface area (Å²) < 4.78 is 5.30. The summed E-state index contributed by atoms with van der Waals surface area (Å²) in [6.07, 6.45) is 1.80. The number of benzene rings is 2. The highest BCUT2D eigenvalue weighted by Crippen LogP contribution is 2.22. The Morgan fingerprint density at radius 2 is 1.74 bits per heavy atom. The first-order chi connectivity index (χ1) is 12.8. The van der Waals surface area contributed by atoms with Crippen LogP contribution in [0, 0.1) is 0 Å². The quantitative estimate of drug-likeness (QED) is 0.721. The Morgan fingerprint density at radius 3 is 2.41 bits per heavy atom. The maximum atomic E-state index is 12.5. The van der Waals surface area contributed by atoms with Gasteiger partial charge in [0.2, 0.25) is 0 Å². The van der Waals surface area contributed by atoms with Crippen molar-refractivity contribution in [3.63, 3.8) is 0 Å². The smallest absolute Gasteiger partial charge is 0.337 e. The average molecular weight is 387 g/mol. The number of anilines is 1. The van der Waals surface area contributed by atoms with E-state index in [2.05, 4.69) is 34.5 Å². The van der Waals surface area contributed by atoms with Gasteiger partial charge >= 0.3 is 5.97 Å². The summed E-state index contributed by atoms with van der Waals surface area (Å²) in [7, 11) is 0. The second kappa shape index (κ2) is 10.8. The third kappa shape index (κ3) is 6.12. The molecule has 2 aromatic rings. The lowest BCUT2D eigenvalue weighted by Gasteiger charge is -2.30. The lowest BCUT2D eigenvalue weighted by molar-refractivity contribution is -0.139. The summed E-state index contributed by atoms with van der Waals surface area (Å²) in [4.78, 5) is 14.8. The van der Waals surface area contributed by atoms with Crippen molar-refractivity contribution in [2.75, 3.05) is 31.6 Å². The van der Waals surface area contributed by atoms with Gasteiger partial charge in [-0.05, 0) is 31.0 Å². The number of rotatable bonds is 7. The summed E-state index contributed by atoms with van der Waals surface area (Å²) in [5.74, 6) is -0.213. The fraction of sp³-hybridized carbons (Fsp3) is 0.318. The van der Waals surface area contributed by atoms with E-state index in [1.807, 2.05) is 43.3 Å². The van der Waals surface area contributed by atoms with Gasteiger partial charge < -0.3 is 10.1 Å². The molecule has 0 amide bonds. The van der Waals surface area contributed by atoms with Crippen LogP contribution in [0.4, 0.5) is 5.69 Å². The van der Waals surface area contributed by atoms with Crippen LogP contribution < -0.4 is 5.32 Å². The van der Waals surface area contributed by atoms with Gasteiger partial charge in [0.05, 0.1) is 12.2 Å². The molecule has 0 spiro atoms. The van der Waals surface area contributed by atoms with Crippen LogP contribution in [0.25, 0.3) is 0 Å². The monoisotopic (exact) mass is 386 g/mol. The molecule has 5 heteroatoms. The summed E-state index contributed by atoms with van der Waals surface area (Å²) in [5, 5.41) is 3.42. The zero-order chi connectivity index (χ0) is 18.2. The second-order valence-electron chi connectivity index (χ2n) is 6.43. The number of nitrogens with zero attached hydrogens (tertiary/aromatic N) is 1. The topological polar surface area (TPSA) is 41.6 Å². The maximum absolute atomic E-state index is 12.5. The van der Waals surface area contributed by atoms with Crippen LogP contribution in [-0.2, 0) is 16.0 Å². The number of carbonyl (C=O) groups excluding carboxylic acids is 1. The van der Waals surface area contributed by atoms with Crippen LogP contribution >= 0.6 is 12.4 Å². The van der Waals surface area contributed by atoms with Crippen LogP contribution in [0.3, 0.4) is 0 Å². The van der Waals surface area contributed by atoms with E-state index in [9.17, 15) is 4.79 Å². The molecular weight excluding hydrogens is 360 g/mol. The molecule has 0 bridgehead atoms. The molecule has 0 saturated carbocycles. The van der Waals surface area contributed by atoms with Crippen molar-refractivity contribution < 1.29 is 9.53 Å². The lowest BCUT2D eigenvalue weighted by Crippen LogP contribution is -2.37. The van der Waals surface area contributed by atoms with Gasteiger partial charge in [-0.1, -0.05) is 48.5 Å². The predicted octanol–water partition coefficient (Wildman–Crippen LogP) is 4.29. The van der Waals surface area contributed by atoms with Gasteiger partial charge in [-0.3, -0.25) is 4.90 Å². The van der Waals surface area contributed by atoms with E-state index in [-0.39, 0.29) is 18.4 Å². The largest absolute Gasteiger partial charge is 0.463 e. The molecule has 0 aromatic heterocycles. The second-order valence-corrected chi connectivity index (χ2v) is 6.43. The molecule has 27 heavy (non-hydrogen) atoms. The van der Waals surface area contributed by atoms with Crippen LogP contribution in [0.5, 0.6) is 0 Å². The van der Waals surface area contributed by atoms with Crippen molar-refractivity contribution in [2.24, 2.45) is 0 Å². The molecule has 0 aliphatic carbocycles. The van der Waals surface area contributed by atoms with Crippen molar-refractivity contribution in [3.05, 3.63) is 77.5 Å². The first kappa shape index (κ1) is 21.0. The number of esters is 1. The van der Waals surface area contributed by atoms with Crippen LogP contribution in [-0.4, -0.2) is 37.1 Å². The number of halogens is 1. The number of para-hydroxylation sites is 1. The third-order valence-corrected chi connectivity index (χ3v) is 4.57. The third-order valence-electron chi connectivity index (χ3n) is 4.57. The molecule has 3 rings (SSSR count).